The van der Waals surface area contributed by atoms with E-state index in [1.54, 1.807) is 0 Å². The molecule has 2 unspecified atom stereocenters. The average Bonchev–Trinajstić information content (AvgIpc) is 2.53. The number of rotatable bonds is 7. The molecule has 1 aromatic heterocycles. The van der Waals surface area contributed by atoms with Gasteiger partial charge in [-0.1, -0.05) is 19.9 Å². The van der Waals surface area contributed by atoms with Gasteiger partial charge >= 0.3 is 0 Å². The molecule has 1 aliphatic rings. The Morgan fingerprint density at radius 2 is 2.25 bits per heavy atom. The fourth-order valence-electron chi connectivity index (χ4n) is 2.41. The van der Waals surface area contributed by atoms with Gasteiger partial charge < -0.3 is 5.32 Å². The van der Waals surface area contributed by atoms with Gasteiger partial charge in [0.05, 0.1) is 0 Å². The first kappa shape index (κ1) is 16.2. The van der Waals surface area contributed by atoms with Crippen LogP contribution in [-0.4, -0.2) is 40.1 Å². The molecule has 1 saturated heterocycles. The number of thioether (sulfide) groups is 2. The third-order valence-corrected chi connectivity index (χ3v) is 6.59. The van der Waals surface area contributed by atoms with Crippen molar-refractivity contribution in [2.24, 2.45) is 0 Å². The highest BCUT2D eigenvalue weighted by atomic mass is 32.2. The van der Waals surface area contributed by atoms with E-state index in [9.17, 15) is 0 Å². The fraction of sp³-hybridized carbons (Fsp3) is 0.688. The molecular formula is C16H26N2S2. The highest BCUT2D eigenvalue weighted by Gasteiger charge is 2.24. The van der Waals surface area contributed by atoms with Crippen LogP contribution in [0.1, 0.15) is 31.5 Å². The van der Waals surface area contributed by atoms with Gasteiger partial charge in [0.2, 0.25) is 0 Å². The molecule has 0 radical (unpaired) electrons. The number of aryl methyl sites for hydroxylation is 1. The van der Waals surface area contributed by atoms with Gasteiger partial charge in [-0.15, -0.1) is 0 Å². The van der Waals surface area contributed by atoms with E-state index < -0.39 is 0 Å². The smallest absolute Gasteiger partial charge is 0.0419 e. The monoisotopic (exact) mass is 310 g/mol. The van der Waals surface area contributed by atoms with Gasteiger partial charge in [0.15, 0.2) is 0 Å². The van der Waals surface area contributed by atoms with Crippen molar-refractivity contribution in [1.82, 2.24) is 10.3 Å². The van der Waals surface area contributed by atoms with Crippen LogP contribution in [0.5, 0.6) is 0 Å². The molecule has 2 nitrogen and oxygen atoms in total. The molecule has 1 aromatic rings. The van der Waals surface area contributed by atoms with E-state index in [1.807, 2.05) is 6.20 Å². The van der Waals surface area contributed by atoms with Gasteiger partial charge in [-0.2, -0.15) is 23.5 Å². The first-order valence-electron chi connectivity index (χ1n) is 7.70. The van der Waals surface area contributed by atoms with Crippen LogP contribution in [-0.2, 0) is 12.8 Å². The maximum Gasteiger partial charge on any atom is 0.0419 e. The fourth-order valence-corrected chi connectivity index (χ4v) is 5.30. The zero-order valence-electron chi connectivity index (χ0n) is 12.6. The Kier molecular flexibility index (Phi) is 7.25. The highest BCUT2D eigenvalue weighted by molar-refractivity contribution is 8.06. The Morgan fingerprint density at radius 3 is 2.85 bits per heavy atom. The van der Waals surface area contributed by atoms with E-state index in [0.29, 0.717) is 6.04 Å². The number of nitrogens with one attached hydrogen (secondary N) is 1. The van der Waals surface area contributed by atoms with Crippen LogP contribution in [0.4, 0.5) is 0 Å². The number of hydrogen-bond acceptors (Lipinski definition) is 4. The van der Waals surface area contributed by atoms with Crippen LogP contribution in [0, 0.1) is 0 Å². The Labute approximate surface area is 131 Å². The van der Waals surface area contributed by atoms with Crippen LogP contribution in [0.2, 0.25) is 0 Å². The molecule has 20 heavy (non-hydrogen) atoms. The summed E-state index contributed by atoms with van der Waals surface area (Å²) < 4.78 is 0. The van der Waals surface area contributed by atoms with Crippen molar-refractivity contribution >= 4 is 23.5 Å². The summed E-state index contributed by atoms with van der Waals surface area (Å²) in [6.07, 6.45) is 5.36. The van der Waals surface area contributed by atoms with E-state index in [1.165, 1.54) is 34.9 Å². The number of pyridine rings is 1. The van der Waals surface area contributed by atoms with Gasteiger partial charge in [-0.05, 0) is 31.0 Å². The van der Waals surface area contributed by atoms with Gasteiger partial charge in [-0.25, -0.2) is 0 Å². The molecule has 2 heterocycles. The van der Waals surface area contributed by atoms with Gasteiger partial charge in [0, 0.05) is 46.9 Å². The maximum absolute atomic E-state index is 4.64. The van der Waals surface area contributed by atoms with Gasteiger partial charge in [0.25, 0.3) is 0 Å². The minimum Gasteiger partial charge on any atom is -0.312 e. The average molecular weight is 311 g/mol. The van der Waals surface area contributed by atoms with Crippen molar-refractivity contribution in [2.45, 2.75) is 44.4 Å². The summed E-state index contributed by atoms with van der Waals surface area (Å²) in [5.41, 5.74) is 2.56. The number of hydrogen-bond donors (Lipinski definition) is 1. The summed E-state index contributed by atoms with van der Waals surface area (Å²) >= 11 is 4.24. The van der Waals surface area contributed by atoms with Crippen LogP contribution in [0.15, 0.2) is 18.3 Å². The quantitative estimate of drug-likeness (QED) is 0.834. The number of aromatic nitrogens is 1. The van der Waals surface area contributed by atoms with Crippen LogP contribution >= 0.6 is 23.5 Å². The Hall–Kier alpha value is -0.190. The molecular weight excluding hydrogens is 284 g/mol. The second-order valence-corrected chi connectivity index (χ2v) is 7.76. The molecule has 112 valence electrons. The second kappa shape index (κ2) is 8.96. The van der Waals surface area contributed by atoms with Crippen LogP contribution in [0.3, 0.4) is 0 Å². The van der Waals surface area contributed by atoms with Crippen molar-refractivity contribution in [1.29, 1.82) is 0 Å². The molecule has 2 atom stereocenters. The summed E-state index contributed by atoms with van der Waals surface area (Å²) in [6.45, 7) is 5.53. The molecule has 4 heteroatoms. The van der Waals surface area contributed by atoms with Crippen molar-refractivity contribution in [3.8, 4) is 0 Å². The van der Waals surface area contributed by atoms with E-state index in [-0.39, 0.29) is 0 Å². The molecule has 1 N–H and O–H groups in total. The summed E-state index contributed by atoms with van der Waals surface area (Å²) in [6, 6.07) is 5.00. The Morgan fingerprint density at radius 1 is 1.35 bits per heavy atom. The van der Waals surface area contributed by atoms with E-state index in [4.69, 9.17) is 0 Å². The lowest BCUT2D eigenvalue weighted by Gasteiger charge is -2.30. The zero-order chi connectivity index (χ0) is 14.2. The molecule has 0 bridgehead atoms. The summed E-state index contributed by atoms with van der Waals surface area (Å²) in [5.74, 6) is 3.88. The van der Waals surface area contributed by atoms with Crippen LogP contribution < -0.4 is 5.32 Å². The lowest BCUT2D eigenvalue weighted by Crippen LogP contribution is -2.43. The van der Waals surface area contributed by atoms with Gasteiger partial charge in [-0.3, -0.25) is 4.98 Å². The zero-order valence-corrected chi connectivity index (χ0v) is 14.2. The molecule has 0 amide bonds. The molecule has 0 spiro atoms. The van der Waals surface area contributed by atoms with Crippen molar-refractivity contribution in [3.05, 3.63) is 29.6 Å². The third kappa shape index (κ3) is 4.97. The van der Waals surface area contributed by atoms with Crippen LogP contribution in [0.25, 0.3) is 0 Å². The van der Waals surface area contributed by atoms with Crippen molar-refractivity contribution in [3.63, 3.8) is 0 Å². The molecule has 2 rings (SSSR count). The predicted molar refractivity (Wildman–Crippen MR) is 93.0 cm³/mol. The minimum absolute atomic E-state index is 0.563. The summed E-state index contributed by atoms with van der Waals surface area (Å²) in [5, 5.41) is 4.47. The molecule has 1 aliphatic heterocycles. The third-order valence-electron chi connectivity index (χ3n) is 3.67. The Bertz CT molecular complexity index is 375. The summed E-state index contributed by atoms with van der Waals surface area (Å²) in [7, 11) is 0. The summed E-state index contributed by atoms with van der Waals surface area (Å²) in [4.78, 5) is 4.64. The molecule has 0 aromatic carbocycles. The Balaban J connectivity index is 1.97. The minimum atomic E-state index is 0.563. The highest BCUT2D eigenvalue weighted by Crippen LogP contribution is 2.27. The van der Waals surface area contributed by atoms with E-state index in [0.717, 1.165) is 24.6 Å². The van der Waals surface area contributed by atoms with Crippen molar-refractivity contribution in [2.75, 3.05) is 23.8 Å². The van der Waals surface area contributed by atoms with E-state index >= 15 is 0 Å². The number of nitrogens with zero attached hydrogens (tertiary/aromatic N) is 1. The standard InChI is InChI=1S/C16H26N2S2/c1-3-7-17-15(16-12-19-8-9-20-16)10-14-6-5-13(4-2)11-18-14/h5-6,11,15-17H,3-4,7-10,12H2,1-2H3. The molecule has 0 aliphatic carbocycles. The van der Waals surface area contributed by atoms with Crippen molar-refractivity contribution < 1.29 is 0 Å². The molecule has 0 saturated carbocycles. The first-order chi connectivity index (χ1) is 9.83. The topological polar surface area (TPSA) is 24.9 Å². The predicted octanol–water partition coefficient (Wildman–Crippen LogP) is 3.40. The first-order valence-corrected chi connectivity index (χ1v) is 9.90. The van der Waals surface area contributed by atoms with E-state index in [2.05, 4.69) is 59.8 Å². The molecule has 1 fully saturated rings. The second-order valence-electron chi connectivity index (χ2n) is 5.26. The SMILES string of the molecule is CCCNC(Cc1ccc(CC)cn1)C1CSCCS1. The van der Waals surface area contributed by atoms with Gasteiger partial charge in [0.1, 0.15) is 0 Å². The lowest BCUT2D eigenvalue weighted by molar-refractivity contribution is 0.501. The normalized spacial score (nSPS) is 20.8. The maximum atomic E-state index is 4.64. The largest absolute Gasteiger partial charge is 0.312 e. The lowest BCUT2D eigenvalue weighted by atomic mass is 10.1.